The molecule has 0 unspecified atom stereocenters. The van der Waals surface area contributed by atoms with Crippen LogP contribution in [-0.4, -0.2) is 0 Å². The first-order chi connectivity index (χ1) is 8.13. The number of benzene rings is 2. The van der Waals surface area contributed by atoms with E-state index in [4.69, 9.17) is 0 Å². The molecule has 2 rings (SSSR count). The quantitative estimate of drug-likeness (QED) is 0.709. The van der Waals surface area contributed by atoms with Crippen LogP contribution in [0.3, 0.4) is 0 Å². The third kappa shape index (κ3) is 2.07. The molecule has 0 fully saturated rings. The molecule has 0 radical (unpaired) electrons. The van der Waals surface area contributed by atoms with Crippen molar-refractivity contribution in [3.05, 3.63) is 58.7 Å². The molecule has 0 saturated heterocycles. The van der Waals surface area contributed by atoms with Gasteiger partial charge in [0.05, 0.1) is 11.6 Å². The lowest BCUT2D eigenvalue weighted by atomic mass is 9.93. The molecule has 0 aliphatic rings. The summed E-state index contributed by atoms with van der Waals surface area (Å²) in [6.07, 6.45) is 0. The lowest BCUT2D eigenvalue weighted by Crippen LogP contribution is -1.91. The van der Waals surface area contributed by atoms with Crippen LogP contribution in [0.2, 0.25) is 0 Å². The minimum atomic E-state index is 0.752. The zero-order valence-electron chi connectivity index (χ0n) is 10.4. The molecule has 84 valence electrons. The van der Waals surface area contributed by atoms with Gasteiger partial charge in [-0.05, 0) is 60.7 Å². The van der Waals surface area contributed by atoms with Crippen molar-refractivity contribution in [2.45, 2.75) is 20.8 Å². The summed E-state index contributed by atoms with van der Waals surface area (Å²) in [5, 5.41) is 9.24. The topological polar surface area (TPSA) is 23.8 Å². The predicted molar refractivity (Wildman–Crippen MR) is 70.8 cm³/mol. The Balaban J connectivity index is 2.72. The van der Waals surface area contributed by atoms with Gasteiger partial charge in [0.25, 0.3) is 0 Å². The van der Waals surface area contributed by atoms with Crippen molar-refractivity contribution in [3.63, 3.8) is 0 Å². The second-order valence-electron chi connectivity index (χ2n) is 4.41. The lowest BCUT2D eigenvalue weighted by molar-refractivity contribution is 1.32. The molecular formula is C16H15N. The molecule has 2 aromatic carbocycles. The van der Waals surface area contributed by atoms with Crippen molar-refractivity contribution in [2.24, 2.45) is 0 Å². The van der Waals surface area contributed by atoms with Crippen molar-refractivity contribution >= 4 is 0 Å². The van der Waals surface area contributed by atoms with Gasteiger partial charge in [-0.15, -0.1) is 0 Å². The van der Waals surface area contributed by atoms with Crippen LogP contribution in [0, 0.1) is 32.1 Å². The number of rotatable bonds is 1. The Morgan fingerprint density at radius 2 is 1.47 bits per heavy atom. The van der Waals surface area contributed by atoms with Crippen molar-refractivity contribution < 1.29 is 0 Å². The SMILES string of the molecule is Cc1cc(C#N)c(-c2ccccc2C)cc1C. The molecule has 0 N–H and O–H groups in total. The van der Waals surface area contributed by atoms with Crippen LogP contribution in [0.25, 0.3) is 11.1 Å². The minimum Gasteiger partial charge on any atom is -0.192 e. The third-order valence-electron chi connectivity index (χ3n) is 3.19. The van der Waals surface area contributed by atoms with Crippen LogP contribution in [0.4, 0.5) is 0 Å². The Morgan fingerprint density at radius 3 is 2.12 bits per heavy atom. The summed E-state index contributed by atoms with van der Waals surface area (Å²) < 4.78 is 0. The van der Waals surface area contributed by atoms with Crippen LogP contribution in [0.15, 0.2) is 36.4 Å². The molecular weight excluding hydrogens is 206 g/mol. The van der Waals surface area contributed by atoms with Crippen LogP contribution in [-0.2, 0) is 0 Å². The Bertz CT molecular complexity index is 603. The molecule has 0 spiro atoms. The molecule has 1 heteroatoms. The molecule has 0 heterocycles. The van der Waals surface area contributed by atoms with Crippen LogP contribution in [0.1, 0.15) is 22.3 Å². The molecule has 1 nitrogen and oxygen atoms in total. The maximum Gasteiger partial charge on any atom is 0.0998 e. The molecule has 0 atom stereocenters. The van der Waals surface area contributed by atoms with E-state index in [9.17, 15) is 5.26 Å². The third-order valence-corrected chi connectivity index (χ3v) is 3.19. The molecule has 0 amide bonds. The van der Waals surface area contributed by atoms with E-state index in [1.165, 1.54) is 16.7 Å². The maximum absolute atomic E-state index is 9.24. The summed E-state index contributed by atoms with van der Waals surface area (Å²) >= 11 is 0. The van der Waals surface area contributed by atoms with Gasteiger partial charge < -0.3 is 0 Å². The average molecular weight is 221 g/mol. The van der Waals surface area contributed by atoms with Gasteiger partial charge in [0, 0.05) is 0 Å². The number of hydrogen-bond acceptors (Lipinski definition) is 1. The van der Waals surface area contributed by atoms with E-state index in [-0.39, 0.29) is 0 Å². The summed E-state index contributed by atoms with van der Waals surface area (Å²) in [4.78, 5) is 0. The largest absolute Gasteiger partial charge is 0.192 e. The Morgan fingerprint density at radius 1 is 0.824 bits per heavy atom. The van der Waals surface area contributed by atoms with E-state index in [0.717, 1.165) is 16.7 Å². The van der Waals surface area contributed by atoms with Crippen molar-refractivity contribution in [1.29, 1.82) is 5.26 Å². The fourth-order valence-electron chi connectivity index (χ4n) is 2.01. The van der Waals surface area contributed by atoms with Crippen molar-refractivity contribution in [1.82, 2.24) is 0 Å². The zero-order valence-corrected chi connectivity index (χ0v) is 10.4. The normalized spacial score (nSPS) is 10.0. The molecule has 0 saturated carbocycles. The highest BCUT2D eigenvalue weighted by Crippen LogP contribution is 2.28. The standard InChI is InChI=1S/C16H15N/c1-11-6-4-5-7-15(11)16-9-13(3)12(2)8-14(16)10-17/h4-9H,1-3H3. The summed E-state index contributed by atoms with van der Waals surface area (Å²) in [7, 11) is 0. The zero-order chi connectivity index (χ0) is 12.4. The van der Waals surface area contributed by atoms with E-state index >= 15 is 0 Å². The van der Waals surface area contributed by atoms with Gasteiger partial charge in [0.15, 0.2) is 0 Å². The number of nitriles is 1. The highest BCUT2D eigenvalue weighted by atomic mass is 14.3. The molecule has 0 aromatic heterocycles. The first kappa shape index (κ1) is 11.4. The molecule has 0 aliphatic carbocycles. The summed E-state index contributed by atoms with van der Waals surface area (Å²) in [5.41, 5.74) is 6.52. The van der Waals surface area contributed by atoms with E-state index in [1.807, 2.05) is 25.1 Å². The van der Waals surface area contributed by atoms with Crippen LogP contribution < -0.4 is 0 Å². The Hall–Kier alpha value is -2.07. The Kier molecular flexibility index (Phi) is 2.97. The number of nitrogens with zero attached hydrogens (tertiary/aromatic N) is 1. The fraction of sp³-hybridized carbons (Fsp3) is 0.188. The lowest BCUT2D eigenvalue weighted by Gasteiger charge is -2.10. The molecule has 2 aromatic rings. The second-order valence-corrected chi connectivity index (χ2v) is 4.41. The maximum atomic E-state index is 9.24. The monoisotopic (exact) mass is 221 g/mol. The van der Waals surface area contributed by atoms with Crippen molar-refractivity contribution in [2.75, 3.05) is 0 Å². The summed E-state index contributed by atoms with van der Waals surface area (Å²) in [6, 6.07) is 14.5. The van der Waals surface area contributed by atoms with Gasteiger partial charge in [0.2, 0.25) is 0 Å². The summed E-state index contributed by atoms with van der Waals surface area (Å²) in [5.74, 6) is 0. The first-order valence-corrected chi connectivity index (χ1v) is 5.71. The molecule has 0 bridgehead atoms. The first-order valence-electron chi connectivity index (χ1n) is 5.71. The van der Waals surface area contributed by atoms with Crippen molar-refractivity contribution in [3.8, 4) is 17.2 Å². The van der Waals surface area contributed by atoms with E-state index in [0.29, 0.717) is 0 Å². The second kappa shape index (κ2) is 4.43. The highest BCUT2D eigenvalue weighted by Gasteiger charge is 2.08. The Labute approximate surface area is 102 Å². The number of hydrogen-bond donors (Lipinski definition) is 0. The van der Waals surface area contributed by atoms with Gasteiger partial charge in [-0.2, -0.15) is 5.26 Å². The van der Waals surface area contributed by atoms with Crippen LogP contribution in [0.5, 0.6) is 0 Å². The van der Waals surface area contributed by atoms with E-state index in [1.54, 1.807) is 0 Å². The minimum absolute atomic E-state index is 0.752. The smallest absolute Gasteiger partial charge is 0.0998 e. The van der Waals surface area contributed by atoms with Gasteiger partial charge in [0.1, 0.15) is 0 Å². The molecule has 17 heavy (non-hydrogen) atoms. The van der Waals surface area contributed by atoms with Gasteiger partial charge in [-0.1, -0.05) is 24.3 Å². The van der Waals surface area contributed by atoms with Crippen LogP contribution >= 0.6 is 0 Å². The van der Waals surface area contributed by atoms with Gasteiger partial charge >= 0.3 is 0 Å². The number of aryl methyl sites for hydroxylation is 3. The van der Waals surface area contributed by atoms with E-state index < -0.39 is 0 Å². The highest BCUT2D eigenvalue weighted by molar-refractivity contribution is 5.74. The van der Waals surface area contributed by atoms with E-state index in [2.05, 4.69) is 38.1 Å². The summed E-state index contributed by atoms with van der Waals surface area (Å²) in [6.45, 7) is 6.20. The van der Waals surface area contributed by atoms with Gasteiger partial charge in [-0.3, -0.25) is 0 Å². The fourth-order valence-corrected chi connectivity index (χ4v) is 2.01. The average Bonchev–Trinajstić information content (AvgIpc) is 2.33. The molecule has 0 aliphatic heterocycles. The predicted octanol–water partition coefficient (Wildman–Crippen LogP) is 4.15. The van der Waals surface area contributed by atoms with Gasteiger partial charge in [-0.25, -0.2) is 0 Å².